The van der Waals surface area contributed by atoms with Crippen LogP contribution in [-0.2, 0) is 6.61 Å². The normalized spacial score (nSPS) is 12.4. The topological polar surface area (TPSA) is 131 Å². The Labute approximate surface area is 242 Å². The molecule has 2 aromatic heterocycles. The SMILES string of the molecule is COc1ccc(C2c3c(c4ccccc4oc3=O)Oc3c2c(=O)oc2ccccc32)cc1COc1ccc([N+](=O)[O-])cc1. The van der Waals surface area contributed by atoms with Gasteiger partial charge in [-0.2, -0.15) is 0 Å². The number of hydrogen-bond acceptors (Lipinski definition) is 9. The molecule has 4 aromatic carbocycles. The second-order valence-corrected chi connectivity index (χ2v) is 9.90. The van der Waals surface area contributed by atoms with E-state index in [9.17, 15) is 19.7 Å². The summed E-state index contributed by atoms with van der Waals surface area (Å²) in [5.74, 6) is 0.636. The van der Waals surface area contributed by atoms with Gasteiger partial charge in [-0.1, -0.05) is 30.3 Å². The number of hydrogen-bond donors (Lipinski definition) is 0. The molecule has 1 aliphatic heterocycles. The third kappa shape index (κ3) is 4.36. The zero-order chi connectivity index (χ0) is 29.7. The fraction of sp³-hybridized carbons (Fsp3) is 0.0909. The summed E-state index contributed by atoms with van der Waals surface area (Å²) in [4.78, 5) is 37.7. The van der Waals surface area contributed by atoms with Crippen molar-refractivity contribution < 1.29 is 28.0 Å². The van der Waals surface area contributed by atoms with Crippen molar-refractivity contribution in [3.05, 3.63) is 144 Å². The highest BCUT2D eigenvalue weighted by Crippen LogP contribution is 2.49. The van der Waals surface area contributed by atoms with E-state index in [1.54, 1.807) is 54.6 Å². The number of nitro groups is 1. The molecular weight excluding hydrogens is 554 g/mol. The Morgan fingerprint density at radius 2 is 1.37 bits per heavy atom. The summed E-state index contributed by atoms with van der Waals surface area (Å²) in [6, 6.07) is 25.1. The minimum atomic E-state index is -0.899. The fourth-order valence-corrected chi connectivity index (χ4v) is 5.49. The van der Waals surface area contributed by atoms with Gasteiger partial charge in [-0.15, -0.1) is 0 Å². The summed E-state index contributed by atoms with van der Waals surface area (Å²) in [6.07, 6.45) is 0. The van der Waals surface area contributed by atoms with Crippen LogP contribution in [0, 0.1) is 10.1 Å². The van der Waals surface area contributed by atoms with E-state index in [2.05, 4.69) is 0 Å². The first kappa shape index (κ1) is 26.0. The lowest BCUT2D eigenvalue weighted by Gasteiger charge is -2.28. The Morgan fingerprint density at radius 3 is 1.93 bits per heavy atom. The van der Waals surface area contributed by atoms with E-state index in [1.165, 1.54) is 31.4 Å². The van der Waals surface area contributed by atoms with Crippen LogP contribution in [0.5, 0.6) is 23.0 Å². The highest BCUT2D eigenvalue weighted by molar-refractivity contribution is 5.90. The predicted octanol–water partition coefficient (Wildman–Crippen LogP) is 6.68. The van der Waals surface area contributed by atoms with Crippen LogP contribution in [0.3, 0.4) is 0 Å². The molecule has 0 saturated carbocycles. The van der Waals surface area contributed by atoms with Gasteiger partial charge in [-0.05, 0) is 54.1 Å². The maximum atomic E-state index is 13.6. The Bertz CT molecular complexity index is 2080. The molecule has 0 fully saturated rings. The van der Waals surface area contributed by atoms with Gasteiger partial charge in [0.25, 0.3) is 5.69 Å². The molecule has 0 radical (unpaired) electrons. The van der Waals surface area contributed by atoms with Gasteiger partial charge in [0.1, 0.15) is 40.8 Å². The van der Waals surface area contributed by atoms with Crippen molar-refractivity contribution in [2.45, 2.75) is 12.5 Å². The van der Waals surface area contributed by atoms with Gasteiger partial charge in [0.05, 0.1) is 39.9 Å². The van der Waals surface area contributed by atoms with E-state index in [-0.39, 0.29) is 23.4 Å². The number of non-ortho nitro benzene ring substituents is 1. The average molecular weight is 576 g/mol. The standard InChI is InChI=1S/C33H21NO9/c1-39-24-15-10-18(16-19(24)17-40-21-13-11-20(12-14-21)34(37)38)27-28-30(22-6-2-4-8-25(22)41-32(28)35)43-31-23-7-3-5-9-26(23)42-33(36)29(27)31/h2-16,27H,17H2,1H3. The van der Waals surface area contributed by atoms with Gasteiger partial charge >= 0.3 is 11.3 Å². The molecule has 10 heteroatoms. The molecule has 0 bridgehead atoms. The first-order valence-electron chi connectivity index (χ1n) is 13.3. The Kier molecular flexibility index (Phi) is 6.16. The average Bonchev–Trinajstić information content (AvgIpc) is 3.03. The predicted molar refractivity (Wildman–Crippen MR) is 156 cm³/mol. The van der Waals surface area contributed by atoms with E-state index >= 15 is 0 Å². The van der Waals surface area contributed by atoms with Gasteiger partial charge in [0.15, 0.2) is 0 Å². The molecule has 43 heavy (non-hydrogen) atoms. The molecule has 0 N–H and O–H groups in total. The van der Waals surface area contributed by atoms with Gasteiger partial charge in [0, 0.05) is 17.7 Å². The van der Waals surface area contributed by atoms with Crippen molar-refractivity contribution in [3.8, 4) is 23.0 Å². The lowest BCUT2D eigenvalue weighted by Crippen LogP contribution is -2.26. The molecule has 3 heterocycles. The number of fused-ring (bicyclic) bond motifs is 6. The van der Waals surface area contributed by atoms with Gasteiger partial charge in [0.2, 0.25) is 0 Å². The number of benzene rings is 4. The smallest absolute Gasteiger partial charge is 0.344 e. The molecule has 0 saturated heterocycles. The molecule has 0 unspecified atom stereocenters. The largest absolute Gasteiger partial charge is 0.496 e. The summed E-state index contributed by atoms with van der Waals surface area (Å²) in [5, 5.41) is 12.2. The third-order valence-corrected chi connectivity index (χ3v) is 7.46. The summed E-state index contributed by atoms with van der Waals surface area (Å²) in [5.41, 5.74) is 0.902. The zero-order valence-corrected chi connectivity index (χ0v) is 22.6. The molecule has 6 aromatic rings. The summed E-state index contributed by atoms with van der Waals surface area (Å²) >= 11 is 0. The van der Waals surface area contributed by atoms with E-state index in [0.29, 0.717) is 56.1 Å². The van der Waals surface area contributed by atoms with Crippen LogP contribution in [0.15, 0.2) is 109 Å². The monoisotopic (exact) mass is 575 g/mol. The number of ether oxygens (including phenoxy) is 3. The molecular formula is C33H21NO9. The molecule has 0 aliphatic carbocycles. The second kappa shape index (κ2) is 10.2. The molecule has 0 atom stereocenters. The van der Waals surface area contributed by atoms with Gasteiger partial charge in [-0.25, -0.2) is 9.59 Å². The lowest BCUT2D eigenvalue weighted by atomic mass is 9.82. The quantitative estimate of drug-likeness (QED) is 0.121. The van der Waals surface area contributed by atoms with Crippen LogP contribution >= 0.6 is 0 Å². The molecule has 0 spiro atoms. The minimum absolute atomic E-state index is 0.0381. The Morgan fingerprint density at radius 1 is 0.791 bits per heavy atom. The van der Waals surface area contributed by atoms with E-state index in [1.807, 2.05) is 12.1 Å². The second-order valence-electron chi connectivity index (χ2n) is 9.90. The molecule has 7 rings (SSSR count). The van der Waals surface area contributed by atoms with Crippen LogP contribution in [0.4, 0.5) is 5.69 Å². The number of para-hydroxylation sites is 2. The van der Waals surface area contributed by atoms with E-state index < -0.39 is 22.1 Å². The molecule has 10 nitrogen and oxygen atoms in total. The van der Waals surface area contributed by atoms with Gasteiger partial charge in [-0.3, -0.25) is 10.1 Å². The molecule has 0 amide bonds. The van der Waals surface area contributed by atoms with Crippen LogP contribution in [0.1, 0.15) is 28.2 Å². The first-order chi connectivity index (χ1) is 20.9. The highest BCUT2D eigenvalue weighted by Gasteiger charge is 2.38. The minimum Gasteiger partial charge on any atom is -0.496 e. The van der Waals surface area contributed by atoms with Crippen LogP contribution < -0.4 is 25.5 Å². The molecule has 212 valence electrons. The van der Waals surface area contributed by atoms with Crippen LogP contribution in [0.2, 0.25) is 0 Å². The van der Waals surface area contributed by atoms with Gasteiger partial charge < -0.3 is 23.0 Å². The highest BCUT2D eigenvalue weighted by atomic mass is 16.6. The first-order valence-corrected chi connectivity index (χ1v) is 13.3. The number of rotatable bonds is 6. The zero-order valence-electron chi connectivity index (χ0n) is 22.6. The van der Waals surface area contributed by atoms with E-state index in [4.69, 9.17) is 23.0 Å². The van der Waals surface area contributed by atoms with Crippen LogP contribution in [0.25, 0.3) is 21.9 Å². The lowest BCUT2D eigenvalue weighted by molar-refractivity contribution is -0.384. The van der Waals surface area contributed by atoms with Crippen molar-refractivity contribution in [3.63, 3.8) is 0 Å². The van der Waals surface area contributed by atoms with Crippen molar-refractivity contribution in [2.24, 2.45) is 0 Å². The third-order valence-electron chi connectivity index (χ3n) is 7.46. The van der Waals surface area contributed by atoms with Crippen molar-refractivity contribution in [1.29, 1.82) is 0 Å². The number of methoxy groups -OCH3 is 1. The van der Waals surface area contributed by atoms with Crippen molar-refractivity contribution in [2.75, 3.05) is 7.11 Å². The summed E-state index contributed by atoms with van der Waals surface area (Å²) in [7, 11) is 1.52. The van der Waals surface area contributed by atoms with Crippen molar-refractivity contribution in [1.82, 2.24) is 0 Å². The Hall–Kier alpha value is -5.90. The number of nitrogens with zero attached hydrogens (tertiary/aromatic N) is 1. The van der Waals surface area contributed by atoms with Crippen LogP contribution in [-0.4, -0.2) is 12.0 Å². The summed E-state index contributed by atoms with van der Waals surface area (Å²) in [6.45, 7) is 0.0381. The fourth-order valence-electron chi connectivity index (χ4n) is 5.49. The number of nitro benzene ring substituents is 1. The maximum absolute atomic E-state index is 13.6. The Balaban J connectivity index is 1.41. The maximum Gasteiger partial charge on any atom is 0.344 e. The van der Waals surface area contributed by atoms with E-state index in [0.717, 1.165) is 0 Å². The summed E-state index contributed by atoms with van der Waals surface area (Å²) < 4.78 is 29.3. The van der Waals surface area contributed by atoms with Crippen molar-refractivity contribution >= 4 is 27.6 Å². The molecule has 1 aliphatic rings.